The van der Waals surface area contributed by atoms with Crippen LogP contribution in [0.4, 0.5) is 0 Å². The predicted molar refractivity (Wildman–Crippen MR) is 94.8 cm³/mol. The van der Waals surface area contributed by atoms with E-state index in [1.807, 2.05) is 42.5 Å². The fraction of sp³-hybridized carbons (Fsp3) is 0.158. The summed E-state index contributed by atoms with van der Waals surface area (Å²) in [5, 5.41) is 11.2. The van der Waals surface area contributed by atoms with Crippen LogP contribution in [-0.4, -0.2) is 22.7 Å². The molecule has 0 fully saturated rings. The van der Waals surface area contributed by atoms with Gasteiger partial charge in [-0.25, -0.2) is 9.78 Å². The van der Waals surface area contributed by atoms with E-state index < -0.39 is 5.97 Å². The Labute approximate surface area is 144 Å². The smallest absolute Gasteiger partial charge is 0.355 e. The van der Waals surface area contributed by atoms with E-state index in [1.54, 1.807) is 5.38 Å². The summed E-state index contributed by atoms with van der Waals surface area (Å²) in [6, 6.07) is 17.9. The average molecular weight is 339 g/mol. The summed E-state index contributed by atoms with van der Waals surface area (Å²) in [4.78, 5) is 15.0. The summed E-state index contributed by atoms with van der Waals surface area (Å²) in [6.45, 7) is 0.636. The summed E-state index contributed by atoms with van der Waals surface area (Å²) in [5.41, 5.74) is 2.25. The molecule has 0 aliphatic carbocycles. The molecule has 0 radical (unpaired) electrons. The fourth-order valence-corrected chi connectivity index (χ4v) is 3.13. The third-order valence-corrected chi connectivity index (χ3v) is 4.42. The van der Waals surface area contributed by atoms with E-state index in [0.29, 0.717) is 11.6 Å². The van der Waals surface area contributed by atoms with E-state index in [0.717, 1.165) is 24.2 Å². The van der Waals surface area contributed by atoms with Gasteiger partial charge in [-0.15, -0.1) is 11.3 Å². The van der Waals surface area contributed by atoms with Crippen molar-refractivity contribution in [3.05, 3.63) is 71.2 Å². The third kappa shape index (κ3) is 4.20. The molecule has 5 heteroatoms. The topological polar surface area (TPSA) is 59.4 Å². The summed E-state index contributed by atoms with van der Waals surface area (Å²) in [6.07, 6.45) is 1.92. The number of carboxylic acid groups (broad SMARTS) is 1. The molecule has 0 saturated carbocycles. The molecule has 0 bridgehead atoms. The Balaban J connectivity index is 1.57. The van der Waals surface area contributed by atoms with E-state index in [-0.39, 0.29) is 5.69 Å². The van der Waals surface area contributed by atoms with Gasteiger partial charge >= 0.3 is 5.97 Å². The quantitative estimate of drug-likeness (QED) is 0.643. The van der Waals surface area contributed by atoms with Crippen molar-refractivity contribution in [3.63, 3.8) is 0 Å². The Morgan fingerprint density at radius 1 is 1.12 bits per heavy atom. The molecule has 2 aromatic carbocycles. The molecule has 0 saturated heterocycles. The number of aromatic carboxylic acids is 1. The second-order valence-electron chi connectivity index (χ2n) is 5.31. The van der Waals surface area contributed by atoms with Crippen molar-refractivity contribution < 1.29 is 14.6 Å². The van der Waals surface area contributed by atoms with Crippen molar-refractivity contribution in [2.24, 2.45) is 0 Å². The number of aryl methyl sites for hydroxylation is 1. The standard InChI is InChI=1S/C19H17NO3S/c21-19(22)17-13-24-18(20-17)15-9-4-10-16(12-15)23-11-5-8-14-6-2-1-3-7-14/h1-4,6-7,9-10,12-13H,5,8,11H2,(H,21,22). The number of aromatic nitrogens is 1. The Bertz CT molecular complexity index is 814. The van der Waals surface area contributed by atoms with Gasteiger partial charge in [-0.2, -0.15) is 0 Å². The lowest BCUT2D eigenvalue weighted by atomic mass is 10.1. The highest BCUT2D eigenvalue weighted by molar-refractivity contribution is 7.13. The highest BCUT2D eigenvalue weighted by atomic mass is 32.1. The Morgan fingerprint density at radius 3 is 2.71 bits per heavy atom. The van der Waals surface area contributed by atoms with Crippen LogP contribution in [0.3, 0.4) is 0 Å². The van der Waals surface area contributed by atoms with Crippen LogP contribution in [0.15, 0.2) is 60.0 Å². The molecule has 0 amide bonds. The number of nitrogens with zero attached hydrogens (tertiary/aromatic N) is 1. The van der Waals surface area contributed by atoms with Gasteiger partial charge in [0.05, 0.1) is 6.61 Å². The van der Waals surface area contributed by atoms with Gasteiger partial charge in [0.2, 0.25) is 0 Å². The van der Waals surface area contributed by atoms with Crippen molar-refractivity contribution in [3.8, 4) is 16.3 Å². The van der Waals surface area contributed by atoms with Gasteiger partial charge in [-0.05, 0) is 30.5 Å². The SMILES string of the molecule is O=C(O)c1csc(-c2cccc(OCCCc3ccccc3)c2)n1. The zero-order valence-corrected chi connectivity index (χ0v) is 13.8. The number of benzene rings is 2. The molecule has 3 rings (SSSR count). The van der Waals surface area contributed by atoms with Crippen molar-refractivity contribution in [2.45, 2.75) is 12.8 Å². The predicted octanol–water partition coefficient (Wildman–Crippen LogP) is 4.52. The molecule has 0 atom stereocenters. The number of ether oxygens (including phenoxy) is 1. The molecule has 1 N–H and O–H groups in total. The number of carbonyl (C=O) groups is 1. The lowest BCUT2D eigenvalue weighted by molar-refractivity contribution is 0.0691. The molecule has 122 valence electrons. The first-order chi connectivity index (χ1) is 11.7. The van der Waals surface area contributed by atoms with Gasteiger partial charge in [0.25, 0.3) is 0 Å². The number of rotatable bonds is 7. The summed E-state index contributed by atoms with van der Waals surface area (Å²) >= 11 is 1.32. The molecule has 0 aliphatic rings. The van der Waals surface area contributed by atoms with Crippen LogP contribution in [0.1, 0.15) is 22.5 Å². The molecular formula is C19H17NO3S. The Hall–Kier alpha value is -2.66. The molecule has 0 unspecified atom stereocenters. The Morgan fingerprint density at radius 2 is 1.96 bits per heavy atom. The molecule has 3 aromatic rings. The molecular weight excluding hydrogens is 322 g/mol. The number of hydrogen-bond acceptors (Lipinski definition) is 4. The van der Waals surface area contributed by atoms with Crippen LogP contribution < -0.4 is 4.74 Å². The maximum absolute atomic E-state index is 10.9. The monoisotopic (exact) mass is 339 g/mol. The van der Waals surface area contributed by atoms with E-state index in [9.17, 15) is 4.79 Å². The van der Waals surface area contributed by atoms with E-state index in [2.05, 4.69) is 17.1 Å². The highest BCUT2D eigenvalue weighted by Gasteiger charge is 2.10. The first kappa shape index (κ1) is 16.2. The van der Waals surface area contributed by atoms with Crippen LogP contribution >= 0.6 is 11.3 Å². The van der Waals surface area contributed by atoms with Gasteiger partial charge in [0.1, 0.15) is 10.8 Å². The zero-order chi connectivity index (χ0) is 16.8. The maximum Gasteiger partial charge on any atom is 0.355 e. The number of thiazole rings is 1. The second-order valence-corrected chi connectivity index (χ2v) is 6.17. The minimum Gasteiger partial charge on any atom is -0.494 e. The van der Waals surface area contributed by atoms with Crippen molar-refractivity contribution >= 4 is 17.3 Å². The van der Waals surface area contributed by atoms with Gasteiger partial charge in [-0.3, -0.25) is 0 Å². The lowest BCUT2D eigenvalue weighted by Gasteiger charge is -2.07. The van der Waals surface area contributed by atoms with Crippen LogP contribution in [0.5, 0.6) is 5.75 Å². The van der Waals surface area contributed by atoms with E-state index in [4.69, 9.17) is 9.84 Å². The molecule has 4 nitrogen and oxygen atoms in total. The summed E-state index contributed by atoms with van der Waals surface area (Å²) in [5.74, 6) is -0.238. The molecule has 24 heavy (non-hydrogen) atoms. The van der Waals surface area contributed by atoms with E-state index in [1.165, 1.54) is 16.9 Å². The minimum atomic E-state index is -1.01. The summed E-state index contributed by atoms with van der Waals surface area (Å²) in [7, 11) is 0. The van der Waals surface area contributed by atoms with Crippen LogP contribution in [0.25, 0.3) is 10.6 Å². The lowest BCUT2D eigenvalue weighted by Crippen LogP contribution is -1.99. The van der Waals surface area contributed by atoms with Gasteiger partial charge in [-0.1, -0.05) is 42.5 Å². The Kier molecular flexibility index (Phi) is 5.23. The molecule has 0 spiro atoms. The molecule has 0 aliphatic heterocycles. The first-order valence-corrected chi connectivity index (χ1v) is 8.56. The second kappa shape index (κ2) is 7.75. The van der Waals surface area contributed by atoms with Crippen molar-refractivity contribution in [2.75, 3.05) is 6.61 Å². The number of hydrogen-bond donors (Lipinski definition) is 1. The fourth-order valence-electron chi connectivity index (χ4n) is 2.33. The normalized spacial score (nSPS) is 10.5. The van der Waals surface area contributed by atoms with Gasteiger partial charge < -0.3 is 9.84 Å². The third-order valence-electron chi connectivity index (χ3n) is 3.53. The minimum absolute atomic E-state index is 0.0733. The van der Waals surface area contributed by atoms with Crippen LogP contribution in [0.2, 0.25) is 0 Å². The molecule has 1 heterocycles. The largest absolute Gasteiger partial charge is 0.494 e. The summed E-state index contributed by atoms with van der Waals surface area (Å²) < 4.78 is 5.80. The highest BCUT2D eigenvalue weighted by Crippen LogP contribution is 2.27. The zero-order valence-electron chi connectivity index (χ0n) is 13.0. The van der Waals surface area contributed by atoms with E-state index >= 15 is 0 Å². The average Bonchev–Trinajstić information content (AvgIpc) is 3.10. The van der Waals surface area contributed by atoms with Crippen LogP contribution in [-0.2, 0) is 6.42 Å². The number of carboxylic acids is 1. The van der Waals surface area contributed by atoms with Crippen molar-refractivity contribution in [1.29, 1.82) is 0 Å². The van der Waals surface area contributed by atoms with Gasteiger partial charge in [0, 0.05) is 10.9 Å². The first-order valence-electron chi connectivity index (χ1n) is 7.68. The van der Waals surface area contributed by atoms with Gasteiger partial charge in [0.15, 0.2) is 5.69 Å². The molecule has 1 aromatic heterocycles. The maximum atomic E-state index is 10.9. The van der Waals surface area contributed by atoms with Crippen LogP contribution in [0, 0.1) is 0 Å². The van der Waals surface area contributed by atoms with Crippen molar-refractivity contribution in [1.82, 2.24) is 4.98 Å².